The lowest BCUT2D eigenvalue weighted by atomic mass is 10.3. The van der Waals surface area contributed by atoms with Crippen molar-refractivity contribution >= 4 is 44.8 Å². The van der Waals surface area contributed by atoms with Gasteiger partial charge in [0.1, 0.15) is 5.82 Å². The van der Waals surface area contributed by atoms with Gasteiger partial charge >= 0.3 is 0 Å². The standard InChI is InChI=1S/C14H11BrClFN2O/c15-9-1-3-10(4-2-9)19-14(20)8-18-11-5-6-13(17)12(16)7-11/h1-7,18H,8H2,(H,19,20). The van der Waals surface area contributed by atoms with Gasteiger partial charge in [0.05, 0.1) is 11.6 Å². The monoisotopic (exact) mass is 356 g/mol. The molecule has 0 aliphatic heterocycles. The molecule has 0 saturated carbocycles. The first-order valence-corrected chi connectivity index (χ1v) is 6.96. The maximum Gasteiger partial charge on any atom is 0.243 e. The first-order valence-electron chi connectivity index (χ1n) is 5.79. The lowest BCUT2D eigenvalue weighted by Gasteiger charge is -2.08. The number of hydrogen-bond acceptors (Lipinski definition) is 2. The fourth-order valence-corrected chi connectivity index (χ4v) is 1.97. The SMILES string of the molecule is O=C(CNc1ccc(F)c(Cl)c1)Nc1ccc(Br)cc1. The number of rotatable bonds is 4. The highest BCUT2D eigenvalue weighted by Gasteiger charge is 2.04. The van der Waals surface area contributed by atoms with Crippen LogP contribution in [0.1, 0.15) is 0 Å². The Morgan fingerprint density at radius 2 is 1.80 bits per heavy atom. The van der Waals surface area contributed by atoms with Crippen molar-refractivity contribution in [2.24, 2.45) is 0 Å². The third-order valence-corrected chi connectivity index (χ3v) is 3.32. The van der Waals surface area contributed by atoms with E-state index in [0.717, 1.165) is 4.47 Å². The minimum Gasteiger partial charge on any atom is -0.376 e. The van der Waals surface area contributed by atoms with E-state index >= 15 is 0 Å². The quantitative estimate of drug-likeness (QED) is 0.857. The topological polar surface area (TPSA) is 41.1 Å². The molecule has 0 aromatic heterocycles. The Labute approximate surface area is 129 Å². The molecule has 104 valence electrons. The summed E-state index contributed by atoms with van der Waals surface area (Å²) in [6.45, 7) is 0.0675. The van der Waals surface area contributed by atoms with Gasteiger partial charge in [-0.3, -0.25) is 4.79 Å². The highest BCUT2D eigenvalue weighted by Crippen LogP contribution is 2.19. The Bertz CT molecular complexity index is 619. The summed E-state index contributed by atoms with van der Waals surface area (Å²) in [5, 5.41) is 5.62. The van der Waals surface area contributed by atoms with Crippen LogP contribution in [0.5, 0.6) is 0 Å². The Morgan fingerprint density at radius 1 is 1.15 bits per heavy atom. The first kappa shape index (κ1) is 14.8. The van der Waals surface area contributed by atoms with E-state index in [4.69, 9.17) is 11.6 Å². The summed E-state index contributed by atoms with van der Waals surface area (Å²) in [5.74, 6) is -0.690. The lowest BCUT2D eigenvalue weighted by Crippen LogP contribution is -2.21. The molecule has 1 amide bonds. The number of carbonyl (C=O) groups is 1. The zero-order valence-corrected chi connectivity index (χ0v) is 12.6. The summed E-state index contributed by atoms with van der Waals surface area (Å²) >= 11 is 8.97. The van der Waals surface area contributed by atoms with Crippen LogP contribution in [0.3, 0.4) is 0 Å². The van der Waals surface area contributed by atoms with Gasteiger partial charge in [-0.15, -0.1) is 0 Å². The number of benzene rings is 2. The van der Waals surface area contributed by atoms with E-state index in [1.165, 1.54) is 18.2 Å². The van der Waals surface area contributed by atoms with E-state index in [1.54, 1.807) is 12.1 Å². The Hall–Kier alpha value is -1.59. The normalized spacial score (nSPS) is 10.2. The summed E-state index contributed by atoms with van der Waals surface area (Å²) < 4.78 is 13.9. The highest BCUT2D eigenvalue weighted by molar-refractivity contribution is 9.10. The molecule has 0 aliphatic carbocycles. The fourth-order valence-electron chi connectivity index (χ4n) is 1.53. The smallest absolute Gasteiger partial charge is 0.243 e. The van der Waals surface area contributed by atoms with Gasteiger partial charge in [0.2, 0.25) is 5.91 Å². The van der Waals surface area contributed by atoms with Gasteiger partial charge in [-0.2, -0.15) is 0 Å². The average Bonchev–Trinajstić information content (AvgIpc) is 2.43. The predicted octanol–water partition coefficient (Wildman–Crippen LogP) is 4.29. The summed E-state index contributed by atoms with van der Waals surface area (Å²) in [6.07, 6.45) is 0. The number of carbonyl (C=O) groups excluding carboxylic acids is 1. The second-order valence-electron chi connectivity index (χ2n) is 4.04. The molecule has 0 aliphatic rings. The van der Waals surface area contributed by atoms with E-state index in [-0.39, 0.29) is 17.5 Å². The summed E-state index contributed by atoms with van der Waals surface area (Å²) in [5.41, 5.74) is 1.29. The molecule has 0 bridgehead atoms. The molecule has 0 fully saturated rings. The van der Waals surface area contributed by atoms with Crippen LogP contribution in [-0.2, 0) is 4.79 Å². The van der Waals surface area contributed by atoms with Gasteiger partial charge in [0.15, 0.2) is 0 Å². The van der Waals surface area contributed by atoms with E-state index in [9.17, 15) is 9.18 Å². The minimum absolute atomic E-state index is 0.0170. The second kappa shape index (κ2) is 6.72. The Kier molecular flexibility index (Phi) is 4.98. The molecule has 2 N–H and O–H groups in total. The third kappa shape index (κ3) is 4.21. The summed E-state index contributed by atoms with van der Waals surface area (Å²) in [7, 11) is 0. The molecule has 0 heterocycles. The van der Waals surface area contributed by atoms with Crippen molar-refractivity contribution in [3.63, 3.8) is 0 Å². The molecule has 2 rings (SSSR count). The van der Waals surface area contributed by atoms with E-state index in [2.05, 4.69) is 26.6 Å². The highest BCUT2D eigenvalue weighted by atomic mass is 79.9. The number of halogens is 3. The van der Waals surface area contributed by atoms with Crippen molar-refractivity contribution in [3.05, 3.63) is 57.8 Å². The summed E-state index contributed by atoms with van der Waals surface area (Å²) in [4.78, 5) is 11.7. The van der Waals surface area contributed by atoms with Gasteiger partial charge < -0.3 is 10.6 Å². The van der Waals surface area contributed by atoms with Crippen LogP contribution < -0.4 is 10.6 Å². The van der Waals surface area contributed by atoms with Crippen molar-refractivity contribution in [2.45, 2.75) is 0 Å². The van der Waals surface area contributed by atoms with Crippen LogP contribution in [0.4, 0.5) is 15.8 Å². The van der Waals surface area contributed by atoms with Crippen LogP contribution in [0.25, 0.3) is 0 Å². The van der Waals surface area contributed by atoms with Gasteiger partial charge in [0.25, 0.3) is 0 Å². The van der Waals surface area contributed by atoms with Crippen LogP contribution in [-0.4, -0.2) is 12.5 Å². The first-order chi connectivity index (χ1) is 9.54. The summed E-state index contributed by atoms with van der Waals surface area (Å²) in [6, 6.07) is 11.5. The predicted molar refractivity (Wildman–Crippen MR) is 82.7 cm³/mol. The molecule has 0 saturated heterocycles. The van der Waals surface area contributed by atoms with Crippen LogP contribution in [0.2, 0.25) is 5.02 Å². The number of hydrogen-bond donors (Lipinski definition) is 2. The molecule has 3 nitrogen and oxygen atoms in total. The fraction of sp³-hybridized carbons (Fsp3) is 0.0714. The number of nitrogens with one attached hydrogen (secondary N) is 2. The number of amides is 1. The zero-order chi connectivity index (χ0) is 14.5. The van der Waals surface area contributed by atoms with Crippen LogP contribution in [0.15, 0.2) is 46.9 Å². The second-order valence-corrected chi connectivity index (χ2v) is 5.36. The average molecular weight is 358 g/mol. The molecular weight excluding hydrogens is 347 g/mol. The maximum absolute atomic E-state index is 13.0. The molecule has 0 atom stereocenters. The van der Waals surface area contributed by atoms with Gasteiger partial charge in [-0.05, 0) is 42.5 Å². The molecule has 0 radical (unpaired) electrons. The maximum atomic E-state index is 13.0. The van der Waals surface area contributed by atoms with Crippen molar-refractivity contribution in [1.82, 2.24) is 0 Å². The van der Waals surface area contributed by atoms with Crippen molar-refractivity contribution in [3.8, 4) is 0 Å². The van der Waals surface area contributed by atoms with Crippen LogP contribution in [0, 0.1) is 5.82 Å². The van der Waals surface area contributed by atoms with E-state index in [1.807, 2.05) is 12.1 Å². The van der Waals surface area contributed by atoms with Gasteiger partial charge in [0, 0.05) is 15.8 Å². The van der Waals surface area contributed by atoms with Crippen molar-refractivity contribution < 1.29 is 9.18 Å². The van der Waals surface area contributed by atoms with Crippen LogP contribution >= 0.6 is 27.5 Å². The molecule has 0 spiro atoms. The minimum atomic E-state index is -0.489. The van der Waals surface area contributed by atoms with E-state index < -0.39 is 5.82 Å². The molecule has 20 heavy (non-hydrogen) atoms. The molecular formula is C14H11BrClFN2O. The number of anilines is 2. The van der Waals surface area contributed by atoms with Gasteiger partial charge in [-0.25, -0.2) is 4.39 Å². The molecule has 6 heteroatoms. The van der Waals surface area contributed by atoms with E-state index in [0.29, 0.717) is 11.4 Å². The molecule has 0 unspecified atom stereocenters. The molecule has 2 aromatic rings. The third-order valence-electron chi connectivity index (χ3n) is 2.50. The Morgan fingerprint density at radius 3 is 2.45 bits per heavy atom. The zero-order valence-electron chi connectivity index (χ0n) is 10.3. The Balaban J connectivity index is 1.88. The lowest BCUT2D eigenvalue weighted by molar-refractivity contribution is -0.114. The molecule has 2 aromatic carbocycles. The van der Waals surface area contributed by atoms with Crippen molar-refractivity contribution in [1.29, 1.82) is 0 Å². The van der Waals surface area contributed by atoms with Crippen molar-refractivity contribution in [2.75, 3.05) is 17.2 Å². The van der Waals surface area contributed by atoms with Gasteiger partial charge in [-0.1, -0.05) is 27.5 Å². The largest absolute Gasteiger partial charge is 0.376 e.